The predicted octanol–water partition coefficient (Wildman–Crippen LogP) is 6.93. The lowest BCUT2D eigenvalue weighted by Crippen LogP contribution is -2.47. The van der Waals surface area contributed by atoms with Gasteiger partial charge in [0, 0.05) is 37.0 Å². The number of sulfonamides is 1. The highest BCUT2D eigenvalue weighted by Gasteiger charge is 2.72. The van der Waals surface area contributed by atoms with Crippen molar-refractivity contribution in [3.63, 3.8) is 0 Å². The van der Waals surface area contributed by atoms with Gasteiger partial charge in [-0.15, -0.1) is 0 Å². The summed E-state index contributed by atoms with van der Waals surface area (Å²) >= 11 is 0. The molecule has 4 aliphatic rings. The van der Waals surface area contributed by atoms with Crippen LogP contribution >= 0.6 is 0 Å². The molecule has 3 aromatic carbocycles. The normalized spacial score (nSPS) is 27.9. The summed E-state index contributed by atoms with van der Waals surface area (Å²) in [5.41, 5.74) is 3.69. The molecule has 4 aromatic rings. The summed E-state index contributed by atoms with van der Waals surface area (Å²) in [6.45, 7) is 8.86. The molecule has 2 bridgehead atoms. The Hall–Kier alpha value is -3.95. The first-order valence-corrected chi connectivity index (χ1v) is 19.7. The highest BCUT2D eigenvalue weighted by molar-refractivity contribution is 7.90. The number of amides is 1. The standard InChI is InChI=1S/C41H47N3O5S/c1-28-36(42-38(49-28)31-14-8-5-9-15-31)18-20-48-34-16-10-13-30(22-34)21-32-25-43(24-29-11-6-4-7-12-29)26-35(32)39(45)44-37-23-33-17-19-41(37,40(33,2)3)27-50(44,46)47/h4-16,22,32-33,35,37H,17-21,23-27H2,1-3H3/t32-,33?,35+,37+,41+/m0/s1. The minimum atomic E-state index is -3.69. The maximum atomic E-state index is 14.6. The van der Waals surface area contributed by atoms with Crippen LogP contribution in [0.25, 0.3) is 11.5 Å². The third-order valence-electron chi connectivity index (χ3n) is 12.6. The van der Waals surface area contributed by atoms with Crippen molar-refractivity contribution < 1.29 is 22.4 Å². The van der Waals surface area contributed by atoms with E-state index >= 15 is 0 Å². The van der Waals surface area contributed by atoms with Gasteiger partial charge in [-0.25, -0.2) is 17.7 Å². The molecule has 1 amide bonds. The van der Waals surface area contributed by atoms with E-state index in [0.29, 0.717) is 37.8 Å². The Morgan fingerprint density at radius 1 is 0.980 bits per heavy atom. The Morgan fingerprint density at radius 3 is 2.48 bits per heavy atom. The molecule has 262 valence electrons. The van der Waals surface area contributed by atoms with Crippen molar-refractivity contribution in [2.45, 2.75) is 65.5 Å². The lowest BCUT2D eigenvalue weighted by Gasteiger charge is -2.37. The molecule has 9 heteroatoms. The summed E-state index contributed by atoms with van der Waals surface area (Å²) < 4.78 is 41.3. The smallest absolute Gasteiger partial charge is 0.241 e. The van der Waals surface area contributed by atoms with Crippen molar-refractivity contribution in [3.8, 4) is 17.2 Å². The minimum absolute atomic E-state index is 0.0194. The molecule has 8 rings (SSSR count). The van der Waals surface area contributed by atoms with E-state index in [9.17, 15) is 13.2 Å². The molecule has 1 unspecified atom stereocenters. The van der Waals surface area contributed by atoms with Gasteiger partial charge in [0.1, 0.15) is 11.5 Å². The van der Waals surface area contributed by atoms with Gasteiger partial charge in [-0.2, -0.15) is 0 Å². The topological polar surface area (TPSA) is 93.0 Å². The molecule has 2 aliphatic heterocycles. The van der Waals surface area contributed by atoms with E-state index in [1.165, 1.54) is 9.87 Å². The zero-order valence-corrected chi connectivity index (χ0v) is 30.1. The summed E-state index contributed by atoms with van der Waals surface area (Å²) in [5.74, 6) is 2.13. The number of likely N-dealkylation sites (tertiary alicyclic amines) is 1. The van der Waals surface area contributed by atoms with Gasteiger partial charge in [0.2, 0.25) is 21.8 Å². The molecule has 0 N–H and O–H groups in total. The van der Waals surface area contributed by atoms with Crippen molar-refractivity contribution in [1.29, 1.82) is 0 Å². The number of carbonyl (C=O) groups excluding carboxylic acids is 1. The first kappa shape index (κ1) is 33.2. The summed E-state index contributed by atoms with van der Waals surface area (Å²) in [7, 11) is -3.69. The van der Waals surface area contributed by atoms with Crippen molar-refractivity contribution in [3.05, 3.63) is 108 Å². The Balaban J connectivity index is 0.987. The van der Waals surface area contributed by atoms with Gasteiger partial charge in [0.05, 0.1) is 30.0 Å². The van der Waals surface area contributed by atoms with E-state index in [2.05, 4.69) is 43.0 Å². The van der Waals surface area contributed by atoms with Crippen LogP contribution in [-0.2, 0) is 34.2 Å². The number of oxazole rings is 1. The van der Waals surface area contributed by atoms with Gasteiger partial charge >= 0.3 is 0 Å². The summed E-state index contributed by atoms with van der Waals surface area (Å²) in [5, 5.41) is 0. The molecule has 1 aromatic heterocycles. The zero-order valence-electron chi connectivity index (χ0n) is 29.3. The fourth-order valence-electron chi connectivity index (χ4n) is 9.86. The van der Waals surface area contributed by atoms with Crippen LogP contribution in [0.1, 0.15) is 55.7 Å². The van der Waals surface area contributed by atoms with E-state index in [1.54, 1.807) is 0 Å². The third-order valence-corrected chi connectivity index (χ3v) is 14.5. The van der Waals surface area contributed by atoms with Gasteiger partial charge < -0.3 is 9.15 Å². The number of hydrogen-bond acceptors (Lipinski definition) is 7. The number of rotatable bonds is 10. The fourth-order valence-corrected chi connectivity index (χ4v) is 12.4. The number of fused-ring (bicyclic) bond motifs is 1. The molecule has 3 heterocycles. The fraction of sp³-hybridized carbons (Fsp3) is 0.463. The number of aromatic nitrogens is 1. The van der Waals surface area contributed by atoms with Crippen LogP contribution in [0, 0.1) is 35.5 Å². The van der Waals surface area contributed by atoms with Crippen LogP contribution in [0.2, 0.25) is 0 Å². The second-order valence-electron chi connectivity index (χ2n) is 15.6. The first-order chi connectivity index (χ1) is 24.0. The highest BCUT2D eigenvalue weighted by Crippen LogP contribution is 2.70. The van der Waals surface area contributed by atoms with E-state index < -0.39 is 15.9 Å². The van der Waals surface area contributed by atoms with E-state index in [4.69, 9.17) is 14.1 Å². The van der Waals surface area contributed by atoms with E-state index in [1.807, 2.05) is 67.6 Å². The third kappa shape index (κ3) is 5.76. The summed E-state index contributed by atoms with van der Waals surface area (Å²) in [6.07, 6.45) is 4.03. The largest absolute Gasteiger partial charge is 0.493 e. The lowest BCUT2D eigenvalue weighted by atomic mass is 9.69. The van der Waals surface area contributed by atoms with E-state index in [0.717, 1.165) is 60.7 Å². The Bertz CT molecular complexity index is 1980. The molecule has 5 atom stereocenters. The Morgan fingerprint density at radius 2 is 1.72 bits per heavy atom. The van der Waals surface area contributed by atoms with Crippen molar-refractivity contribution in [2.75, 3.05) is 25.4 Å². The van der Waals surface area contributed by atoms with Gasteiger partial charge in [0.15, 0.2) is 0 Å². The number of nitrogens with zero attached hydrogens (tertiary/aromatic N) is 3. The molecule has 50 heavy (non-hydrogen) atoms. The molecule has 0 radical (unpaired) electrons. The van der Waals surface area contributed by atoms with Crippen molar-refractivity contribution >= 4 is 15.9 Å². The molecule has 8 nitrogen and oxygen atoms in total. The monoisotopic (exact) mass is 693 g/mol. The number of hydrogen-bond donors (Lipinski definition) is 0. The Labute approximate surface area is 295 Å². The summed E-state index contributed by atoms with van der Waals surface area (Å²) in [6, 6.07) is 28.1. The maximum absolute atomic E-state index is 14.6. The number of aryl methyl sites for hydroxylation is 1. The second-order valence-corrected chi connectivity index (χ2v) is 17.5. The van der Waals surface area contributed by atoms with Gasteiger partial charge in [-0.3, -0.25) is 9.69 Å². The molecule has 4 fully saturated rings. The van der Waals surface area contributed by atoms with Crippen LogP contribution in [-0.4, -0.2) is 60.0 Å². The van der Waals surface area contributed by atoms with E-state index in [-0.39, 0.29) is 34.4 Å². The highest BCUT2D eigenvalue weighted by atomic mass is 32.2. The molecular formula is C41H47N3O5S. The van der Waals surface area contributed by atoms with Gasteiger partial charge in [0.25, 0.3) is 0 Å². The van der Waals surface area contributed by atoms with Crippen LogP contribution < -0.4 is 4.74 Å². The number of benzene rings is 3. The van der Waals surface area contributed by atoms with Crippen LogP contribution in [0.5, 0.6) is 5.75 Å². The van der Waals surface area contributed by atoms with Crippen LogP contribution in [0.3, 0.4) is 0 Å². The molecule has 2 saturated carbocycles. The average molecular weight is 694 g/mol. The van der Waals surface area contributed by atoms with Crippen molar-refractivity contribution in [1.82, 2.24) is 14.2 Å². The quantitative estimate of drug-likeness (QED) is 0.178. The second kappa shape index (κ2) is 12.7. The molecule has 2 aliphatic carbocycles. The first-order valence-electron chi connectivity index (χ1n) is 18.1. The van der Waals surface area contributed by atoms with Gasteiger partial charge in [-0.05, 0) is 85.3 Å². The molecule has 2 saturated heterocycles. The number of carbonyl (C=O) groups is 1. The molecular weight excluding hydrogens is 647 g/mol. The lowest BCUT2D eigenvalue weighted by molar-refractivity contribution is -0.134. The zero-order chi connectivity index (χ0) is 34.7. The molecule has 1 spiro atoms. The maximum Gasteiger partial charge on any atom is 0.241 e. The number of ether oxygens (including phenoxy) is 1. The van der Waals surface area contributed by atoms with Crippen molar-refractivity contribution in [2.24, 2.45) is 28.6 Å². The average Bonchev–Trinajstić information content (AvgIpc) is 3.84. The Kier molecular flexibility index (Phi) is 8.42. The van der Waals surface area contributed by atoms with Gasteiger partial charge in [-0.1, -0.05) is 74.5 Å². The minimum Gasteiger partial charge on any atom is -0.493 e. The summed E-state index contributed by atoms with van der Waals surface area (Å²) in [4.78, 5) is 21.7. The van der Waals surface area contributed by atoms with Crippen LogP contribution in [0.15, 0.2) is 89.3 Å². The predicted molar refractivity (Wildman–Crippen MR) is 193 cm³/mol. The van der Waals surface area contributed by atoms with Crippen LogP contribution in [0.4, 0.5) is 0 Å². The SMILES string of the molecule is Cc1oc(-c2ccccc2)nc1CCOc1cccc(C[C@H]2CN(Cc3ccccc3)C[C@H]2C(=O)N2[C@@H]3CC4CC[C@]3(CS2(=O)=O)C4(C)C)c1.